The quantitative estimate of drug-likeness (QED) is 0.400. The van der Waals surface area contributed by atoms with Gasteiger partial charge in [-0.25, -0.2) is 0 Å². The SMILES string of the molecule is CC(C)(C)[Si](C)(C)O[C@@H]1CCCCC1I. The van der Waals surface area contributed by atoms with E-state index in [9.17, 15) is 0 Å². The Morgan fingerprint density at radius 2 is 1.67 bits per heavy atom. The van der Waals surface area contributed by atoms with Crippen molar-refractivity contribution < 1.29 is 4.43 Å². The molecule has 0 heterocycles. The summed E-state index contributed by atoms with van der Waals surface area (Å²) in [5.41, 5.74) is 0. The highest BCUT2D eigenvalue weighted by Gasteiger charge is 2.40. The molecule has 0 aliphatic heterocycles. The fourth-order valence-corrected chi connectivity index (χ4v) is 4.36. The van der Waals surface area contributed by atoms with Crippen molar-refractivity contribution >= 4 is 30.9 Å². The van der Waals surface area contributed by atoms with E-state index < -0.39 is 8.32 Å². The molecule has 0 radical (unpaired) electrons. The first-order chi connectivity index (χ1) is 6.74. The van der Waals surface area contributed by atoms with Gasteiger partial charge in [0.25, 0.3) is 0 Å². The van der Waals surface area contributed by atoms with Crippen molar-refractivity contribution in [2.45, 2.75) is 74.6 Å². The summed E-state index contributed by atoms with van der Waals surface area (Å²) in [5.74, 6) is 0. The van der Waals surface area contributed by atoms with Crippen molar-refractivity contribution in [3.8, 4) is 0 Å². The van der Waals surface area contributed by atoms with Gasteiger partial charge in [-0.05, 0) is 31.0 Å². The number of alkyl halides is 1. The van der Waals surface area contributed by atoms with Gasteiger partial charge in [0.15, 0.2) is 8.32 Å². The molecule has 2 atom stereocenters. The van der Waals surface area contributed by atoms with Crippen LogP contribution < -0.4 is 0 Å². The van der Waals surface area contributed by atoms with Crippen LogP contribution in [0.25, 0.3) is 0 Å². The standard InChI is InChI=1S/C12H25IOSi/c1-12(2,3)15(4,5)14-11-9-7-6-8-10(11)13/h10-11H,6-9H2,1-5H3/t10?,11-/m1/s1. The summed E-state index contributed by atoms with van der Waals surface area (Å²) in [6.07, 6.45) is 5.91. The lowest BCUT2D eigenvalue weighted by Gasteiger charge is -2.41. The van der Waals surface area contributed by atoms with E-state index in [1.54, 1.807) is 0 Å². The van der Waals surface area contributed by atoms with E-state index in [1.165, 1.54) is 25.7 Å². The van der Waals surface area contributed by atoms with Gasteiger partial charge in [0.05, 0.1) is 6.10 Å². The first-order valence-corrected chi connectivity index (χ1v) is 10.2. The maximum atomic E-state index is 6.49. The zero-order valence-corrected chi connectivity index (χ0v) is 13.9. The van der Waals surface area contributed by atoms with Gasteiger partial charge in [-0.2, -0.15) is 0 Å². The summed E-state index contributed by atoms with van der Waals surface area (Å²) in [4.78, 5) is 0. The molecule has 0 aromatic carbocycles. The fourth-order valence-electron chi connectivity index (χ4n) is 1.74. The summed E-state index contributed by atoms with van der Waals surface area (Å²) in [6.45, 7) is 11.7. The predicted molar refractivity (Wildman–Crippen MR) is 78.3 cm³/mol. The van der Waals surface area contributed by atoms with Crippen LogP contribution in [0.2, 0.25) is 18.1 Å². The highest BCUT2D eigenvalue weighted by Crippen LogP contribution is 2.40. The minimum Gasteiger partial charge on any atom is -0.413 e. The zero-order valence-electron chi connectivity index (χ0n) is 10.8. The second-order valence-electron chi connectivity index (χ2n) is 6.22. The Morgan fingerprint density at radius 1 is 1.13 bits per heavy atom. The van der Waals surface area contributed by atoms with Crippen LogP contribution in [0.15, 0.2) is 0 Å². The van der Waals surface area contributed by atoms with Crippen molar-refractivity contribution in [3.63, 3.8) is 0 Å². The van der Waals surface area contributed by atoms with Crippen LogP contribution in [-0.4, -0.2) is 18.3 Å². The van der Waals surface area contributed by atoms with E-state index in [0.717, 1.165) is 3.92 Å². The Labute approximate surface area is 110 Å². The van der Waals surface area contributed by atoms with Crippen LogP contribution in [0.5, 0.6) is 0 Å². The molecule has 3 heteroatoms. The molecule has 1 saturated carbocycles. The van der Waals surface area contributed by atoms with Crippen LogP contribution in [0.4, 0.5) is 0 Å². The molecule has 1 unspecified atom stereocenters. The molecule has 1 rings (SSSR count). The van der Waals surface area contributed by atoms with E-state index in [-0.39, 0.29) is 0 Å². The number of halogens is 1. The maximum Gasteiger partial charge on any atom is 0.192 e. The third-order valence-corrected chi connectivity index (χ3v) is 9.80. The van der Waals surface area contributed by atoms with E-state index in [1.807, 2.05) is 0 Å². The van der Waals surface area contributed by atoms with Crippen LogP contribution in [-0.2, 0) is 4.43 Å². The minimum atomic E-state index is -1.54. The number of hydrogen-bond donors (Lipinski definition) is 0. The first kappa shape index (κ1) is 14.0. The molecule has 0 bridgehead atoms. The molecule has 1 fully saturated rings. The Hall–Kier alpha value is 0.907. The molecule has 0 spiro atoms. The number of rotatable bonds is 2. The average molecular weight is 340 g/mol. The highest BCUT2D eigenvalue weighted by molar-refractivity contribution is 14.1. The van der Waals surface area contributed by atoms with Crippen LogP contribution >= 0.6 is 22.6 Å². The van der Waals surface area contributed by atoms with Gasteiger partial charge < -0.3 is 4.43 Å². The largest absolute Gasteiger partial charge is 0.413 e. The third kappa shape index (κ3) is 3.70. The van der Waals surface area contributed by atoms with Crippen LogP contribution in [0.3, 0.4) is 0 Å². The summed E-state index contributed by atoms with van der Waals surface area (Å²) in [5, 5.41) is 0.348. The lowest BCUT2D eigenvalue weighted by molar-refractivity contribution is 0.149. The summed E-state index contributed by atoms with van der Waals surface area (Å²) in [6, 6.07) is 0. The second-order valence-corrected chi connectivity index (χ2v) is 12.6. The third-order valence-electron chi connectivity index (χ3n) is 3.87. The lowest BCUT2D eigenvalue weighted by atomic mass is 9.98. The molecule has 0 aromatic rings. The van der Waals surface area contributed by atoms with Crippen molar-refractivity contribution in [1.82, 2.24) is 0 Å². The minimum absolute atomic E-state index is 0.348. The second kappa shape index (κ2) is 5.04. The monoisotopic (exact) mass is 340 g/mol. The smallest absolute Gasteiger partial charge is 0.192 e. The molecular weight excluding hydrogens is 315 g/mol. The molecule has 1 nitrogen and oxygen atoms in total. The molecule has 1 aliphatic carbocycles. The van der Waals surface area contributed by atoms with E-state index >= 15 is 0 Å². The van der Waals surface area contributed by atoms with Gasteiger partial charge in [0, 0.05) is 3.92 Å². The van der Waals surface area contributed by atoms with Crippen LogP contribution in [0.1, 0.15) is 46.5 Å². The molecule has 0 aromatic heterocycles. The lowest BCUT2D eigenvalue weighted by Crippen LogP contribution is -2.46. The summed E-state index contributed by atoms with van der Waals surface area (Å²) in [7, 11) is -1.54. The Bertz CT molecular complexity index is 210. The zero-order chi connectivity index (χ0) is 11.7. The average Bonchev–Trinajstić information content (AvgIpc) is 2.06. The Morgan fingerprint density at radius 3 is 2.13 bits per heavy atom. The summed E-state index contributed by atoms with van der Waals surface area (Å²) < 4.78 is 7.23. The molecule has 90 valence electrons. The van der Waals surface area contributed by atoms with Crippen molar-refractivity contribution in [2.75, 3.05) is 0 Å². The molecule has 0 N–H and O–H groups in total. The molecule has 15 heavy (non-hydrogen) atoms. The summed E-state index contributed by atoms with van der Waals surface area (Å²) >= 11 is 2.58. The molecule has 0 saturated heterocycles. The molecule has 1 aliphatic rings. The molecule has 0 amide bonds. The van der Waals surface area contributed by atoms with Gasteiger partial charge >= 0.3 is 0 Å². The topological polar surface area (TPSA) is 9.23 Å². The van der Waals surface area contributed by atoms with Gasteiger partial charge in [0.2, 0.25) is 0 Å². The Balaban J connectivity index is 2.59. The maximum absolute atomic E-state index is 6.49. The first-order valence-electron chi connectivity index (χ1n) is 6.06. The molecular formula is C12H25IOSi. The van der Waals surface area contributed by atoms with E-state index in [0.29, 0.717) is 11.1 Å². The predicted octanol–water partition coefficient (Wildman–Crippen LogP) is 4.75. The van der Waals surface area contributed by atoms with Gasteiger partial charge in [-0.15, -0.1) is 0 Å². The normalized spacial score (nSPS) is 29.2. The van der Waals surface area contributed by atoms with Crippen molar-refractivity contribution in [1.29, 1.82) is 0 Å². The van der Waals surface area contributed by atoms with E-state index in [4.69, 9.17) is 4.43 Å². The van der Waals surface area contributed by atoms with Gasteiger partial charge in [0.1, 0.15) is 0 Å². The van der Waals surface area contributed by atoms with Gasteiger partial charge in [-0.3, -0.25) is 0 Å². The highest BCUT2D eigenvalue weighted by atomic mass is 127. The van der Waals surface area contributed by atoms with Crippen LogP contribution in [0, 0.1) is 0 Å². The Kier molecular flexibility index (Phi) is 4.70. The van der Waals surface area contributed by atoms with Crippen molar-refractivity contribution in [2.24, 2.45) is 0 Å². The van der Waals surface area contributed by atoms with E-state index in [2.05, 4.69) is 56.5 Å². The fraction of sp³-hybridized carbons (Fsp3) is 1.00. The number of hydrogen-bond acceptors (Lipinski definition) is 1. The van der Waals surface area contributed by atoms with Gasteiger partial charge in [-0.1, -0.05) is 56.2 Å². The van der Waals surface area contributed by atoms with Crippen molar-refractivity contribution in [3.05, 3.63) is 0 Å².